The summed E-state index contributed by atoms with van der Waals surface area (Å²) in [7, 11) is 2.55. The molecule has 2 aliphatic heterocycles. The van der Waals surface area contributed by atoms with Crippen molar-refractivity contribution in [1.29, 1.82) is 0 Å². The lowest BCUT2D eigenvalue weighted by Gasteiger charge is -2.33. The van der Waals surface area contributed by atoms with E-state index < -0.39 is 36.0 Å². The lowest BCUT2D eigenvalue weighted by Crippen LogP contribution is -2.51. The normalized spacial score (nSPS) is 19.4. The van der Waals surface area contributed by atoms with Crippen molar-refractivity contribution in [3.63, 3.8) is 0 Å². The number of aromatic amines is 2. The molecule has 4 atom stereocenters. The third-order valence-electron chi connectivity index (χ3n) is 13.2. The summed E-state index contributed by atoms with van der Waals surface area (Å²) in [5.41, 5.74) is 7.63. The van der Waals surface area contributed by atoms with Crippen LogP contribution >= 0.6 is 0 Å². The number of alkyl carbamates (subject to hydrolysis) is 2. The molecular formula is C51H56N8O8. The van der Waals surface area contributed by atoms with E-state index in [0.717, 1.165) is 75.8 Å². The summed E-state index contributed by atoms with van der Waals surface area (Å²) in [6, 6.07) is 17.4. The van der Waals surface area contributed by atoms with Crippen LogP contribution in [0.4, 0.5) is 9.59 Å². The van der Waals surface area contributed by atoms with Crippen LogP contribution in [-0.4, -0.2) is 106 Å². The van der Waals surface area contributed by atoms with Crippen LogP contribution in [0.1, 0.15) is 85.3 Å². The number of allylic oxidation sites excluding steroid dienone is 6. The maximum absolute atomic E-state index is 14.5. The lowest BCUT2D eigenvalue weighted by atomic mass is 9.84. The zero-order valence-electron chi connectivity index (χ0n) is 38.2. The molecular weight excluding hydrogens is 853 g/mol. The highest BCUT2D eigenvalue weighted by Crippen LogP contribution is 2.42. The van der Waals surface area contributed by atoms with E-state index in [9.17, 15) is 19.2 Å². The van der Waals surface area contributed by atoms with Gasteiger partial charge in [-0.2, -0.15) is 0 Å². The number of imidazole rings is 2. The molecule has 0 spiro atoms. The van der Waals surface area contributed by atoms with E-state index in [0.29, 0.717) is 31.1 Å². The number of carbonyl (C=O) groups excluding carboxylic acids is 4. The molecule has 0 radical (unpaired) electrons. The fourth-order valence-corrected chi connectivity index (χ4v) is 9.72. The van der Waals surface area contributed by atoms with Crippen LogP contribution < -0.4 is 10.6 Å². The molecule has 5 aromatic rings. The minimum Gasteiger partial charge on any atom is -0.453 e. The van der Waals surface area contributed by atoms with Gasteiger partial charge in [0.15, 0.2) is 0 Å². The quantitative estimate of drug-likeness (QED) is 0.0863. The maximum atomic E-state index is 14.5. The van der Waals surface area contributed by atoms with Crippen molar-refractivity contribution in [2.24, 2.45) is 5.92 Å². The van der Waals surface area contributed by atoms with Crippen molar-refractivity contribution >= 4 is 51.4 Å². The van der Waals surface area contributed by atoms with Gasteiger partial charge in [-0.15, -0.1) is 0 Å². The van der Waals surface area contributed by atoms with E-state index in [4.69, 9.17) is 28.9 Å². The van der Waals surface area contributed by atoms with Gasteiger partial charge in [-0.25, -0.2) is 19.6 Å². The Morgan fingerprint density at radius 2 is 1.76 bits per heavy atom. The third kappa shape index (κ3) is 9.10. The van der Waals surface area contributed by atoms with Crippen molar-refractivity contribution < 1.29 is 38.1 Å². The average molecular weight is 909 g/mol. The van der Waals surface area contributed by atoms with Crippen LogP contribution in [0.25, 0.3) is 27.4 Å². The Labute approximate surface area is 388 Å². The molecule has 348 valence electrons. The van der Waals surface area contributed by atoms with E-state index in [1.165, 1.54) is 19.8 Å². The van der Waals surface area contributed by atoms with Crippen LogP contribution in [0, 0.1) is 5.92 Å². The molecule has 1 unspecified atom stereocenters. The predicted octanol–water partition coefficient (Wildman–Crippen LogP) is 7.45. The molecule has 2 aliphatic carbocycles. The van der Waals surface area contributed by atoms with E-state index >= 15 is 0 Å². The fraction of sp³-hybridized carbons (Fsp3) is 0.373. The zero-order chi connectivity index (χ0) is 46.8. The molecule has 0 bridgehead atoms. The number of fused-ring (bicyclic) bond motifs is 6. The molecule has 4 heterocycles. The first kappa shape index (κ1) is 45.1. The summed E-state index contributed by atoms with van der Waals surface area (Å²) in [6.45, 7) is 9.11. The highest BCUT2D eigenvalue weighted by atomic mass is 16.7. The average Bonchev–Trinajstić information content (AvgIpc) is 4.17. The summed E-state index contributed by atoms with van der Waals surface area (Å²) >= 11 is 0. The largest absolute Gasteiger partial charge is 0.453 e. The molecule has 4 amide bonds. The first-order valence-electron chi connectivity index (χ1n) is 22.8. The van der Waals surface area contributed by atoms with E-state index in [1.807, 2.05) is 30.9 Å². The number of aryl methyl sites for hydroxylation is 1. The Bertz CT molecular complexity index is 2800. The molecule has 4 aliphatic rings. The van der Waals surface area contributed by atoms with Gasteiger partial charge in [0.2, 0.25) is 11.7 Å². The number of H-pyrrole nitrogens is 2. The highest BCUT2D eigenvalue weighted by Gasteiger charge is 2.41. The molecule has 2 fully saturated rings. The minimum atomic E-state index is -1.24. The van der Waals surface area contributed by atoms with Crippen LogP contribution in [0.15, 0.2) is 103 Å². The van der Waals surface area contributed by atoms with Crippen LogP contribution in [0.2, 0.25) is 0 Å². The minimum absolute atomic E-state index is 0.00182. The Kier molecular flexibility index (Phi) is 12.8. The first-order chi connectivity index (χ1) is 32.5. The van der Waals surface area contributed by atoms with Gasteiger partial charge in [-0.1, -0.05) is 98.8 Å². The van der Waals surface area contributed by atoms with Crippen molar-refractivity contribution in [2.45, 2.75) is 75.9 Å². The van der Waals surface area contributed by atoms with E-state index in [2.05, 4.69) is 75.8 Å². The third-order valence-corrected chi connectivity index (χ3v) is 13.2. The molecule has 16 nitrogen and oxygen atoms in total. The number of hydrogen-bond donors (Lipinski definition) is 4. The van der Waals surface area contributed by atoms with Crippen LogP contribution in [-0.2, 0) is 41.5 Å². The van der Waals surface area contributed by atoms with E-state index in [-0.39, 0.29) is 36.9 Å². The summed E-state index contributed by atoms with van der Waals surface area (Å²) in [6.07, 6.45) is 12.2. The number of amides is 4. The number of likely N-dealkylation sites (tertiary alicyclic amines) is 1. The van der Waals surface area contributed by atoms with Gasteiger partial charge in [0.1, 0.15) is 23.7 Å². The molecule has 0 saturated carbocycles. The van der Waals surface area contributed by atoms with Crippen molar-refractivity contribution in [3.8, 4) is 0 Å². The smallest absolute Gasteiger partial charge is 0.407 e. The summed E-state index contributed by atoms with van der Waals surface area (Å²) in [4.78, 5) is 73.7. The molecule has 3 aromatic carbocycles. The molecule has 4 N–H and O–H groups in total. The van der Waals surface area contributed by atoms with Gasteiger partial charge < -0.3 is 49.3 Å². The fourth-order valence-electron chi connectivity index (χ4n) is 9.72. The lowest BCUT2D eigenvalue weighted by molar-refractivity contribution is -0.155. The van der Waals surface area contributed by atoms with Crippen molar-refractivity contribution in [2.75, 3.05) is 40.5 Å². The molecule has 9 rings (SSSR count). The number of methoxy groups -OCH3 is 2. The summed E-state index contributed by atoms with van der Waals surface area (Å²) in [5, 5.41) is 7.39. The van der Waals surface area contributed by atoms with E-state index in [1.54, 1.807) is 35.2 Å². The zero-order valence-corrected chi connectivity index (χ0v) is 38.2. The Morgan fingerprint density at radius 3 is 2.51 bits per heavy atom. The number of aromatic nitrogens is 4. The number of hydrogen-bond acceptors (Lipinski definition) is 10. The standard InChI is InChI=1S/C51H56N8O8/c1-6-51(66-24-25-67-51)29-58(47(60)43(57-50(63)65-5)31-12-8-7-9-13-31)28-41-52-38-21-18-35-27-33(17-20-37(35)44(38)54-41)32-14-10-15-36-34(26-32)19-22-39-45(36)55-46(53-39)40-16-11-23-59(40)48(61)42(30(2)3)56-49(62)64-4/h6-10,12-15,17-18,20-21,26-27,30,36,40,42-43H,1,11,16,19,22-25,28-29H2,2-5H3,(H,52,54)(H,53,55)(H,56,62)(H,57,63)/t36?,40-,42-,43+/m0/s1. The first-order valence-corrected chi connectivity index (χ1v) is 22.8. The second-order valence-corrected chi connectivity index (χ2v) is 17.7. The predicted molar refractivity (Wildman–Crippen MR) is 251 cm³/mol. The number of carbonyl (C=O) groups is 4. The van der Waals surface area contributed by atoms with Gasteiger partial charge in [-0.3, -0.25) is 9.59 Å². The number of rotatable bonds is 13. The summed E-state index contributed by atoms with van der Waals surface area (Å²) in [5.74, 6) is -0.584. The topological polar surface area (TPSA) is 193 Å². The molecule has 67 heavy (non-hydrogen) atoms. The van der Waals surface area contributed by atoms with Crippen LogP contribution in [0.3, 0.4) is 0 Å². The molecule has 2 saturated heterocycles. The van der Waals surface area contributed by atoms with Gasteiger partial charge in [0.05, 0.1) is 63.3 Å². The second-order valence-electron chi connectivity index (χ2n) is 17.7. The molecule has 2 aromatic heterocycles. The number of nitrogens with one attached hydrogen (secondary N) is 4. The monoisotopic (exact) mass is 908 g/mol. The number of nitrogens with zero attached hydrogens (tertiary/aromatic N) is 4. The molecule has 16 heteroatoms. The van der Waals surface area contributed by atoms with Gasteiger partial charge in [0, 0.05) is 23.5 Å². The number of benzene rings is 3. The van der Waals surface area contributed by atoms with Crippen molar-refractivity contribution in [1.82, 2.24) is 40.4 Å². The second kappa shape index (κ2) is 19.1. The Morgan fingerprint density at radius 1 is 0.985 bits per heavy atom. The van der Waals surface area contributed by atoms with Crippen molar-refractivity contribution in [3.05, 3.63) is 137 Å². The Hall–Kier alpha value is -7.04. The SMILES string of the molecule is C=CC1(CN(Cc2nc3c(ccc4cc(C5=CC=CC6C(=C5)CCc5[nH]c([C@@H]7CCCN7C(=O)[C@@H](NC(=O)OC)C(C)C)nc56)ccc43)[nH]2)C(=O)[C@H](NC(=O)OC)c2ccccc2)OCCO1. The highest BCUT2D eigenvalue weighted by molar-refractivity contribution is 6.05. The van der Waals surface area contributed by atoms with Crippen LogP contribution in [0.5, 0.6) is 0 Å². The van der Waals surface area contributed by atoms with Gasteiger partial charge in [-0.05, 0) is 71.9 Å². The maximum Gasteiger partial charge on any atom is 0.407 e. The van der Waals surface area contributed by atoms with Gasteiger partial charge in [0.25, 0.3) is 5.91 Å². The summed E-state index contributed by atoms with van der Waals surface area (Å²) < 4.78 is 21.6. The Balaban J connectivity index is 0.957. The number of ether oxygens (including phenoxy) is 4. The van der Waals surface area contributed by atoms with Gasteiger partial charge >= 0.3 is 12.2 Å².